The summed E-state index contributed by atoms with van der Waals surface area (Å²) in [5, 5.41) is 7.77. The molecule has 7 heteroatoms. The van der Waals surface area contributed by atoms with Crippen LogP contribution in [0.25, 0.3) is 11.0 Å². The fourth-order valence-corrected chi connectivity index (χ4v) is 3.49. The number of nitrogens with one attached hydrogen (secondary N) is 1. The molecule has 3 heterocycles. The second-order valence-electron chi connectivity index (χ2n) is 7.40. The first-order valence-electron chi connectivity index (χ1n) is 9.49. The van der Waals surface area contributed by atoms with Crippen LogP contribution in [-0.4, -0.2) is 46.3 Å². The van der Waals surface area contributed by atoms with Crippen LogP contribution in [0.5, 0.6) is 0 Å². The topological polar surface area (TPSA) is 71.3 Å². The van der Waals surface area contributed by atoms with Gasteiger partial charge in [-0.05, 0) is 30.7 Å². The van der Waals surface area contributed by atoms with Crippen molar-refractivity contribution in [3.8, 4) is 0 Å². The van der Waals surface area contributed by atoms with Crippen LogP contribution in [0.1, 0.15) is 34.6 Å². The number of rotatable bonds is 5. The Hall–Kier alpha value is -2.80. The minimum Gasteiger partial charge on any atom is -0.355 e. The van der Waals surface area contributed by atoms with Crippen molar-refractivity contribution in [3.63, 3.8) is 0 Å². The summed E-state index contributed by atoms with van der Waals surface area (Å²) >= 11 is 0. The minimum atomic E-state index is -1.33. The van der Waals surface area contributed by atoms with Gasteiger partial charge in [0.25, 0.3) is 5.91 Å². The molecule has 0 radical (unpaired) electrons. The molecule has 4 rings (SSSR count). The number of carbonyl (C=O) groups is 1. The molecule has 1 amide bonds. The minimum absolute atomic E-state index is 0.205. The molecule has 1 aromatic carbocycles. The number of para-hydroxylation sites is 1. The highest BCUT2D eigenvalue weighted by molar-refractivity contribution is 6.04. The van der Waals surface area contributed by atoms with Gasteiger partial charge in [-0.1, -0.05) is 23.4 Å². The first-order valence-corrected chi connectivity index (χ1v) is 9.49. The Balaban J connectivity index is 1.32. The van der Waals surface area contributed by atoms with Gasteiger partial charge >= 0.3 is 0 Å². The monoisotopic (exact) mass is 382 g/mol. The van der Waals surface area contributed by atoms with E-state index >= 15 is 4.39 Å². The van der Waals surface area contributed by atoms with Crippen LogP contribution in [0.4, 0.5) is 4.39 Å². The predicted octanol–water partition coefficient (Wildman–Crippen LogP) is 3.27. The van der Waals surface area contributed by atoms with E-state index in [9.17, 15) is 4.79 Å². The lowest BCUT2D eigenvalue weighted by Crippen LogP contribution is -2.48. The number of halogens is 1. The largest absolute Gasteiger partial charge is 0.355 e. The predicted molar refractivity (Wildman–Crippen MR) is 104 cm³/mol. The molecule has 0 spiro atoms. The molecule has 0 unspecified atom stereocenters. The van der Waals surface area contributed by atoms with E-state index < -0.39 is 5.67 Å². The molecule has 0 aliphatic carbocycles. The molecule has 146 valence electrons. The Morgan fingerprint density at radius 2 is 2.04 bits per heavy atom. The Morgan fingerprint density at radius 3 is 2.79 bits per heavy atom. The van der Waals surface area contributed by atoms with Gasteiger partial charge in [0.05, 0.1) is 11.1 Å². The molecule has 3 aromatic rings. The molecular weight excluding hydrogens is 359 g/mol. The number of likely N-dealkylation sites (tertiary alicyclic amines) is 1. The molecule has 1 N–H and O–H groups in total. The third-order valence-electron chi connectivity index (χ3n) is 5.25. The Labute approximate surface area is 162 Å². The first-order chi connectivity index (χ1) is 13.5. The van der Waals surface area contributed by atoms with Gasteiger partial charge in [-0.15, -0.1) is 0 Å². The highest BCUT2D eigenvalue weighted by atomic mass is 19.1. The van der Waals surface area contributed by atoms with Crippen LogP contribution in [0, 0.1) is 6.92 Å². The van der Waals surface area contributed by atoms with E-state index in [1.807, 2.05) is 37.3 Å². The van der Waals surface area contributed by atoms with Crippen molar-refractivity contribution in [2.24, 2.45) is 0 Å². The lowest BCUT2D eigenvalue weighted by Gasteiger charge is -2.36. The van der Waals surface area contributed by atoms with Gasteiger partial charge in [-0.3, -0.25) is 9.78 Å². The van der Waals surface area contributed by atoms with E-state index in [0.717, 1.165) is 11.3 Å². The quantitative estimate of drug-likeness (QED) is 0.733. The average molecular weight is 382 g/mol. The maximum Gasteiger partial charge on any atom is 0.276 e. The summed E-state index contributed by atoms with van der Waals surface area (Å²) in [6, 6.07) is 11.2. The molecule has 0 saturated carbocycles. The number of benzene rings is 1. The Bertz CT molecular complexity index is 962. The van der Waals surface area contributed by atoms with Crippen LogP contribution < -0.4 is 5.32 Å². The van der Waals surface area contributed by atoms with Crippen molar-refractivity contribution >= 4 is 16.9 Å². The molecule has 1 aliphatic rings. The lowest BCUT2D eigenvalue weighted by atomic mass is 9.93. The van der Waals surface area contributed by atoms with E-state index in [-0.39, 0.29) is 12.5 Å². The number of carbonyl (C=O) groups excluding carboxylic acids is 1. The molecular formula is C21H23FN4O2. The summed E-state index contributed by atoms with van der Waals surface area (Å²) in [5.41, 5.74) is 1.54. The van der Waals surface area contributed by atoms with Gasteiger partial charge < -0.3 is 14.7 Å². The number of aryl methyl sites for hydroxylation is 1. The Morgan fingerprint density at radius 1 is 1.25 bits per heavy atom. The number of nitrogens with zero attached hydrogens (tertiary/aromatic N) is 3. The van der Waals surface area contributed by atoms with Crippen molar-refractivity contribution in [1.29, 1.82) is 0 Å². The van der Waals surface area contributed by atoms with Crippen molar-refractivity contribution in [1.82, 2.24) is 20.4 Å². The van der Waals surface area contributed by atoms with E-state index in [4.69, 9.17) is 4.52 Å². The smallest absolute Gasteiger partial charge is 0.276 e. The summed E-state index contributed by atoms with van der Waals surface area (Å²) in [4.78, 5) is 18.7. The molecule has 1 aliphatic heterocycles. The van der Waals surface area contributed by atoms with Crippen LogP contribution in [0.15, 0.2) is 47.1 Å². The number of amides is 1. The summed E-state index contributed by atoms with van der Waals surface area (Å²) in [7, 11) is 0. The van der Waals surface area contributed by atoms with Gasteiger partial charge in [0.1, 0.15) is 5.67 Å². The highest BCUT2D eigenvalue weighted by Crippen LogP contribution is 2.28. The fraction of sp³-hybridized carbons (Fsp3) is 0.381. The number of hydrogen-bond donors (Lipinski definition) is 1. The summed E-state index contributed by atoms with van der Waals surface area (Å²) in [6.07, 6.45) is 2.39. The number of pyridine rings is 1. The van der Waals surface area contributed by atoms with E-state index in [1.165, 1.54) is 0 Å². The van der Waals surface area contributed by atoms with Crippen LogP contribution in [0.2, 0.25) is 0 Å². The van der Waals surface area contributed by atoms with Crippen LogP contribution in [-0.2, 0) is 6.54 Å². The summed E-state index contributed by atoms with van der Waals surface area (Å²) in [5.74, 6) is -0.205. The number of aromatic nitrogens is 2. The summed E-state index contributed by atoms with van der Waals surface area (Å²) in [6.45, 7) is 3.48. The standard InChI is InChI=1S/C21H23FN4O2/c1-15-6-7-16(24-12-15)13-23-14-21(22)8-10-26(11-9-21)20(27)19-17-4-2-3-5-18(17)28-25-19/h2-7,12,23H,8-11,13-14H2,1H3. The van der Waals surface area contributed by atoms with E-state index in [1.54, 1.807) is 17.2 Å². The molecule has 2 aromatic heterocycles. The summed E-state index contributed by atoms with van der Waals surface area (Å²) < 4.78 is 20.3. The SMILES string of the molecule is Cc1ccc(CNCC2(F)CCN(C(=O)c3noc4ccccc34)CC2)nc1. The first kappa shape index (κ1) is 18.6. The number of alkyl halides is 1. The van der Waals surface area contributed by atoms with E-state index in [0.29, 0.717) is 49.1 Å². The highest BCUT2D eigenvalue weighted by Gasteiger charge is 2.36. The van der Waals surface area contributed by atoms with Gasteiger partial charge in [0.15, 0.2) is 11.3 Å². The van der Waals surface area contributed by atoms with Gasteiger partial charge in [0.2, 0.25) is 0 Å². The molecule has 0 bridgehead atoms. The third-order valence-corrected chi connectivity index (χ3v) is 5.25. The Kier molecular flexibility index (Phi) is 5.09. The molecule has 28 heavy (non-hydrogen) atoms. The zero-order chi connectivity index (χ0) is 19.6. The van der Waals surface area contributed by atoms with Crippen molar-refractivity contribution in [2.75, 3.05) is 19.6 Å². The van der Waals surface area contributed by atoms with Crippen molar-refractivity contribution in [3.05, 3.63) is 59.5 Å². The number of fused-ring (bicyclic) bond motifs is 1. The second-order valence-corrected chi connectivity index (χ2v) is 7.40. The van der Waals surface area contributed by atoms with Crippen LogP contribution in [0.3, 0.4) is 0 Å². The number of piperidine rings is 1. The van der Waals surface area contributed by atoms with Gasteiger partial charge in [0, 0.05) is 45.2 Å². The van der Waals surface area contributed by atoms with Crippen molar-refractivity contribution in [2.45, 2.75) is 32.0 Å². The molecule has 0 atom stereocenters. The maximum absolute atomic E-state index is 15.1. The second kappa shape index (κ2) is 7.67. The van der Waals surface area contributed by atoms with Gasteiger partial charge in [-0.25, -0.2) is 4.39 Å². The van der Waals surface area contributed by atoms with Gasteiger partial charge in [-0.2, -0.15) is 0 Å². The van der Waals surface area contributed by atoms with E-state index in [2.05, 4.69) is 15.5 Å². The molecule has 1 saturated heterocycles. The number of hydrogen-bond acceptors (Lipinski definition) is 5. The lowest BCUT2D eigenvalue weighted by molar-refractivity contribution is 0.0428. The zero-order valence-corrected chi connectivity index (χ0v) is 15.8. The molecule has 1 fully saturated rings. The molecule has 6 nitrogen and oxygen atoms in total. The van der Waals surface area contributed by atoms with Crippen LogP contribution >= 0.6 is 0 Å². The fourth-order valence-electron chi connectivity index (χ4n) is 3.49. The zero-order valence-electron chi connectivity index (χ0n) is 15.8. The van der Waals surface area contributed by atoms with Crippen molar-refractivity contribution < 1.29 is 13.7 Å². The third kappa shape index (κ3) is 3.89. The maximum atomic E-state index is 15.1. The average Bonchev–Trinajstić information content (AvgIpc) is 3.14. The normalized spacial score (nSPS) is 16.4.